The number of rotatable bonds is 4. The van der Waals surface area contributed by atoms with Crippen molar-refractivity contribution in [3.63, 3.8) is 0 Å². The molecule has 1 aliphatic rings. The second-order valence-electron chi connectivity index (χ2n) is 5.47. The number of carbonyl (C=O) groups excluding carboxylic acids is 2. The number of aryl methyl sites for hydroxylation is 1. The highest BCUT2D eigenvalue weighted by atomic mass is 16.2. The third-order valence-corrected chi connectivity index (χ3v) is 3.68. The van der Waals surface area contributed by atoms with Crippen molar-refractivity contribution in [2.45, 2.75) is 25.8 Å². The van der Waals surface area contributed by atoms with Crippen LogP contribution in [-0.4, -0.2) is 27.6 Å². The molecule has 1 aliphatic carbocycles. The van der Waals surface area contributed by atoms with Crippen LogP contribution < -0.4 is 16.8 Å². The summed E-state index contributed by atoms with van der Waals surface area (Å²) in [5.74, 6) is -0.594. The third-order valence-electron chi connectivity index (χ3n) is 3.68. The van der Waals surface area contributed by atoms with Gasteiger partial charge in [-0.3, -0.25) is 9.59 Å². The summed E-state index contributed by atoms with van der Waals surface area (Å²) in [5.41, 5.74) is 13.4. The number of aromatic nitrogens is 2. The normalized spacial score (nSPS) is 13.9. The first kappa shape index (κ1) is 14.1. The molecule has 114 valence electrons. The van der Waals surface area contributed by atoms with Crippen LogP contribution in [0.3, 0.4) is 0 Å². The third kappa shape index (κ3) is 2.52. The molecule has 1 heterocycles. The van der Waals surface area contributed by atoms with Crippen LogP contribution in [0.1, 0.15) is 39.1 Å². The zero-order chi connectivity index (χ0) is 15.9. The Morgan fingerprint density at radius 2 is 2.09 bits per heavy atom. The summed E-state index contributed by atoms with van der Waals surface area (Å²) < 4.78 is 1.42. The predicted molar refractivity (Wildman–Crippen MR) is 81.7 cm³/mol. The summed E-state index contributed by atoms with van der Waals surface area (Å²) in [4.78, 5) is 23.4. The zero-order valence-electron chi connectivity index (χ0n) is 12.2. The SMILES string of the molecule is Cc1ccc(C(=O)NC2CC2)cc1-n1ncc(C(N)=O)c1N. The molecular weight excluding hydrogens is 282 g/mol. The topological polar surface area (TPSA) is 116 Å². The van der Waals surface area contributed by atoms with Gasteiger partial charge in [-0.25, -0.2) is 4.68 Å². The molecule has 0 saturated heterocycles. The number of primary amides is 1. The molecule has 22 heavy (non-hydrogen) atoms. The number of benzene rings is 1. The van der Waals surface area contributed by atoms with Gasteiger partial charge in [0.05, 0.1) is 11.9 Å². The second-order valence-corrected chi connectivity index (χ2v) is 5.47. The summed E-state index contributed by atoms with van der Waals surface area (Å²) in [5, 5.41) is 7.03. The molecule has 0 bridgehead atoms. The summed E-state index contributed by atoms with van der Waals surface area (Å²) in [6, 6.07) is 5.57. The Morgan fingerprint density at radius 3 is 2.68 bits per heavy atom. The highest BCUT2D eigenvalue weighted by Crippen LogP contribution is 2.23. The van der Waals surface area contributed by atoms with E-state index in [1.165, 1.54) is 10.9 Å². The average molecular weight is 299 g/mol. The van der Waals surface area contributed by atoms with Crippen molar-refractivity contribution in [3.8, 4) is 5.69 Å². The fourth-order valence-corrected chi connectivity index (χ4v) is 2.21. The van der Waals surface area contributed by atoms with Crippen molar-refractivity contribution in [3.05, 3.63) is 41.1 Å². The number of nitrogen functional groups attached to an aromatic ring is 1. The maximum atomic E-state index is 12.1. The monoisotopic (exact) mass is 299 g/mol. The van der Waals surface area contributed by atoms with E-state index in [-0.39, 0.29) is 23.3 Å². The molecule has 7 heteroatoms. The van der Waals surface area contributed by atoms with E-state index < -0.39 is 5.91 Å². The van der Waals surface area contributed by atoms with Gasteiger partial charge in [-0.05, 0) is 37.5 Å². The summed E-state index contributed by atoms with van der Waals surface area (Å²) >= 11 is 0. The Kier molecular flexibility index (Phi) is 3.32. The molecule has 1 saturated carbocycles. The van der Waals surface area contributed by atoms with E-state index in [0.29, 0.717) is 11.3 Å². The molecule has 1 aromatic carbocycles. The fourth-order valence-electron chi connectivity index (χ4n) is 2.21. The maximum absolute atomic E-state index is 12.1. The van der Waals surface area contributed by atoms with E-state index in [1.807, 2.05) is 13.0 Å². The second kappa shape index (κ2) is 5.18. The number of hydrogen-bond acceptors (Lipinski definition) is 4. The number of nitrogens with one attached hydrogen (secondary N) is 1. The standard InChI is InChI=1S/C15H17N5O2/c1-8-2-3-9(15(22)19-10-4-5-10)6-12(8)20-13(16)11(7-18-20)14(17)21/h2-3,6-7,10H,4-5,16H2,1H3,(H2,17,21)(H,19,22). The van der Waals surface area contributed by atoms with Gasteiger partial charge in [0, 0.05) is 11.6 Å². The first-order valence-corrected chi connectivity index (χ1v) is 7.02. The molecule has 0 radical (unpaired) electrons. The van der Waals surface area contributed by atoms with Crippen LogP contribution in [-0.2, 0) is 0 Å². The minimum atomic E-state index is -0.635. The van der Waals surface area contributed by atoms with E-state index in [1.54, 1.807) is 12.1 Å². The van der Waals surface area contributed by atoms with Crippen LogP contribution >= 0.6 is 0 Å². The lowest BCUT2D eigenvalue weighted by Crippen LogP contribution is -2.25. The molecule has 5 N–H and O–H groups in total. The molecule has 1 fully saturated rings. The van der Waals surface area contributed by atoms with Crippen LogP contribution in [0.15, 0.2) is 24.4 Å². The molecule has 0 aliphatic heterocycles. The highest BCUT2D eigenvalue weighted by Gasteiger charge is 2.24. The van der Waals surface area contributed by atoms with Crippen molar-refractivity contribution >= 4 is 17.6 Å². The Balaban J connectivity index is 1.99. The highest BCUT2D eigenvalue weighted by molar-refractivity contribution is 5.97. The Bertz CT molecular complexity index is 761. The average Bonchev–Trinajstić information content (AvgIpc) is 3.19. The number of anilines is 1. The van der Waals surface area contributed by atoms with Crippen molar-refractivity contribution < 1.29 is 9.59 Å². The Labute approximate surface area is 127 Å². The molecule has 7 nitrogen and oxygen atoms in total. The van der Waals surface area contributed by atoms with E-state index in [2.05, 4.69) is 10.4 Å². The van der Waals surface area contributed by atoms with Crippen LogP contribution in [0, 0.1) is 6.92 Å². The molecule has 0 unspecified atom stereocenters. The number of amides is 2. The van der Waals surface area contributed by atoms with Crippen molar-refractivity contribution in [1.29, 1.82) is 0 Å². The molecule has 1 aromatic heterocycles. The van der Waals surface area contributed by atoms with Gasteiger partial charge < -0.3 is 16.8 Å². The Hall–Kier alpha value is -2.83. The maximum Gasteiger partial charge on any atom is 0.254 e. The van der Waals surface area contributed by atoms with Crippen molar-refractivity contribution in [2.24, 2.45) is 5.73 Å². The van der Waals surface area contributed by atoms with E-state index in [0.717, 1.165) is 18.4 Å². The van der Waals surface area contributed by atoms with Gasteiger partial charge in [-0.15, -0.1) is 0 Å². The lowest BCUT2D eigenvalue weighted by molar-refractivity contribution is 0.0949. The molecule has 0 atom stereocenters. The van der Waals surface area contributed by atoms with Crippen molar-refractivity contribution in [1.82, 2.24) is 15.1 Å². The van der Waals surface area contributed by atoms with Gasteiger partial charge in [0.25, 0.3) is 11.8 Å². The van der Waals surface area contributed by atoms with Gasteiger partial charge in [-0.1, -0.05) is 6.07 Å². The summed E-state index contributed by atoms with van der Waals surface area (Å²) in [7, 11) is 0. The van der Waals surface area contributed by atoms with E-state index >= 15 is 0 Å². The quantitative estimate of drug-likeness (QED) is 0.772. The number of nitrogens with zero attached hydrogens (tertiary/aromatic N) is 2. The largest absolute Gasteiger partial charge is 0.383 e. The fraction of sp³-hybridized carbons (Fsp3) is 0.267. The molecule has 2 amide bonds. The lowest BCUT2D eigenvalue weighted by Gasteiger charge is -2.11. The molecule has 2 aromatic rings. The van der Waals surface area contributed by atoms with Gasteiger partial charge in [0.1, 0.15) is 11.4 Å². The minimum Gasteiger partial charge on any atom is -0.383 e. The van der Waals surface area contributed by atoms with E-state index in [9.17, 15) is 9.59 Å². The van der Waals surface area contributed by atoms with Crippen LogP contribution in [0.5, 0.6) is 0 Å². The predicted octanol–water partition coefficient (Wildman–Crippen LogP) is 0.754. The lowest BCUT2D eigenvalue weighted by atomic mass is 10.1. The van der Waals surface area contributed by atoms with Crippen molar-refractivity contribution in [2.75, 3.05) is 5.73 Å². The minimum absolute atomic E-state index is 0.121. The van der Waals surface area contributed by atoms with Crippen LogP contribution in [0.25, 0.3) is 5.69 Å². The van der Waals surface area contributed by atoms with Gasteiger partial charge in [0.15, 0.2) is 0 Å². The first-order valence-electron chi connectivity index (χ1n) is 7.02. The smallest absolute Gasteiger partial charge is 0.254 e. The summed E-state index contributed by atoms with van der Waals surface area (Å²) in [6.07, 6.45) is 3.38. The van der Waals surface area contributed by atoms with Gasteiger partial charge >= 0.3 is 0 Å². The van der Waals surface area contributed by atoms with Crippen LogP contribution in [0.2, 0.25) is 0 Å². The zero-order valence-corrected chi connectivity index (χ0v) is 12.2. The van der Waals surface area contributed by atoms with Crippen LogP contribution in [0.4, 0.5) is 5.82 Å². The molecule has 0 spiro atoms. The number of hydrogen-bond donors (Lipinski definition) is 3. The number of carbonyl (C=O) groups is 2. The van der Waals surface area contributed by atoms with E-state index in [4.69, 9.17) is 11.5 Å². The van der Waals surface area contributed by atoms with Gasteiger partial charge in [0.2, 0.25) is 0 Å². The molecule has 3 rings (SSSR count). The first-order chi connectivity index (χ1) is 10.5. The van der Waals surface area contributed by atoms with Gasteiger partial charge in [-0.2, -0.15) is 5.10 Å². The Morgan fingerprint density at radius 1 is 1.36 bits per heavy atom. The summed E-state index contributed by atoms with van der Waals surface area (Å²) in [6.45, 7) is 1.88. The number of nitrogens with two attached hydrogens (primary N) is 2. The molecular formula is C15H17N5O2.